The molecule has 0 bridgehead atoms. The Morgan fingerprint density at radius 2 is 2.06 bits per heavy atom. The molecule has 0 saturated heterocycles. The molecule has 0 aromatic heterocycles. The van der Waals surface area contributed by atoms with Gasteiger partial charge in [0.05, 0.1) is 0 Å². The third-order valence-electron chi connectivity index (χ3n) is 3.20. The Kier molecular flexibility index (Phi) is 6.81. The number of nitrogens with zero attached hydrogens (tertiary/aromatic N) is 1. The Morgan fingerprint density at radius 3 is 2.67 bits per heavy atom. The fourth-order valence-corrected chi connectivity index (χ4v) is 2.21. The molecule has 2 heteroatoms. The lowest BCUT2D eigenvalue weighted by molar-refractivity contribution is 0.506. The van der Waals surface area contributed by atoms with Gasteiger partial charge in [0, 0.05) is 18.8 Å². The Labute approximate surface area is 112 Å². The fourth-order valence-electron chi connectivity index (χ4n) is 2.21. The van der Waals surface area contributed by atoms with Crippen LogP contribution in [-0.2, 0) is 0 Å². The molecule has 1 unspecified atom stereocenters. The van der Waals surface area contributed by atoms with Gasteiger partial charge in [0.1, 0.15) is 0 Å². The van der Waals surface area contributed by atoms with E-state index in [9.17, 15) is 0 Å². The van der Waals surface area contributed by atoms with Crippen molar-refractivity contribution in [1.82, 2.24) is 5.32 Å². The van der Waals surface area contributed by atoms with Crippen LogP contribution in [0.3, 0.4) is 0 Å². The molecular weight excluding hydrogens is 220 g/mol. The molecule has 0 fully saturated rings. The van der Waals surface area contributed by atoms with Gasteiger partial charge in [-0.2, -0.15) is 0 Å². The predicted octanol–water partition coefficient (Wildman–Crippen LogP) is 3.46. The largest absolute Gasteiger partial charge is 0.371 e. The molecular formula is C16H28N2. The van der Waals surface area contributed by atoms with Crippen LogP contribution in [-0.4, -0.2) is 26.2 Å². The molecule has 0 heterocycles. The summed E-state index contributed by atoms with van der Waals surface area (Å²) >= 11 is 0. The molecule has 2 nitrogen and oxygen atoms in total. The van der Waals surface area contributed by atoms with Crippen LogP contribution in [0.4, 0.5) is 5.69 Å². The highest BCUT2D eigenvalue weighted by atomic mass is 15.1. The van der Waals surface area contributed by atoms with E-state index in [1.165, 1.54) is 17.7 Å². The van der Waals surface area contributed by atoms with Crippen LogP contribution >= 0.6 is 0 Å². The summed E-state index contributed by atoms with van der Waals surface area (Å²) in [5.41, 5.74) is 2.68. The first-order valence-electron chi connectivity index (χ1n) is 7.19. The van der Waals surface area contributed by atoms with Crippen molar-refractivity contribution in [2.75, 3.05) is 31.1 Å². The zero-order chi connectivity index (χ0) is 13.4. The van der Waals surface area contributed by atoms with Crippen LogP contribution in [0.5, 0.6) is 0 Å². The molecule has 18 heavy (non-hydrogen) atoms. The van der Waals surface area contributed by atoms with Gasteiger partial charge in [0.25, 0.3) is 0 Å². The molecule has 1 aromatic rings. The van der Waals surface area contributed by atoms with Gasteiger partial charge < -0.3 is 10.2 Å². The van der Waals surface area contributed by atoms with E-state index in [1.54, 1.807) is 0 Å². The maximum atomic E-state index is 3.50. The maximum absolute atomic E-state index is 3.50. The average molecular weight is 248 g/mol. The van der Waals surface area contributed by atoms with Crippen molar-refractivity contribution in [3.63, 3.8) is 0 Å². The van der Waals surface area contributed by atoms with Crippen LogP contribution in [0.1, 0.15) is 32.8 Å². The summed E-state index contributed by atoms with van der Waals surface area (Å²) in [5.74, 6) is 0.678. The van der Waals surface area contributed by atoms with Crippen LogP contribution in [0.2, 0.25) is 0 Å². The first-order valence-corrected chi connectivity index (χ1v) is 7.19. The highest BCUT2D eigenvalue weighted by Gasteiger charge is 2.09. The third kappa shape index (κ3) is 5.09. The van der Waals surface area contributed by atoms with Crippen molar-refractivity contribution in [2.45, 2.75) is 34.1 Å². The second-order valence-corrected chi connectivity index (χ2v) is 5.19. The fraction of sp³-hybridized carbons (Fsp3) is 0.625. The lowest BCUT2D eigenvalue weighted by atomic mass is 10.1. The van der Waals surface area contributed by atoms with Crippen LogP contribution in [0.25, 0.3) is 0 Å². The van der Waals surface area contributed by atoms with Crippen LogP contribution < -0.4 is 10.2 Å². The van der Waals surface area contributed by atoms with Crippen LogP contribution in [0.15, 0.2) is 24.3 Å². The van der Waals surface area contributed by atoms with Gasteiger partial charge in [-0.15, -0.1) is 0 Å². The minimum absolute atomic E-state index is 0.678. The summed E-state index contributed by atoms with van der Waals surface area (Å²) in [6.45, 7) is 13.3. The summed E-state index contributed by atoms with van der Waals surface area (Å²) in [7, 11) is 0. The SMILES string of the molecule is CCCNCC(C)CN(CC)c1cccc(C)c1. The van der Waals surface area contributed by atoms with E-state index in [1.807, 2.05) is 0 Å². The molecule has 0 aliphatic heterocycles. The van der Waals surface area contributed by atoms with Gasteiger partial charge in [0.2, 0.25) is 0 Å². The minimum atomic E-state index is 0.678. The van der Waals surface area contributed by atoms with E-state index >= 15 is 0 Å². The van der Waals surface area contributed by atoms with Crippen molar-refractivity contribution in [3.05, 3.63) is 29.8 Å². The number of anilines is 1. The molecule has 102 valence electrons. The Hall–Kier alpha value is -1.02. The predicted molar refractivity (Wildman–Crippen MR) is 81.4 cm³/mol. The van der Waals surface area contributed by atoms with Crippen molar-refractivity contribution in [1.29, 1.82) is 0 Å². The number of aryl methyl sites for hydroxylation is 1. The molecule has 0 spiro atoms. The van der Waals surface area contributed by atoms with Gasteiger partial charge in [-0.25, -0.2) is 0 Å². The zero-order valence-corrected chi connectivity index (χ0v) is 12.4. The smallest absolute Gasteiger partial charge is 0.0368 e. The minimum Gasteiger partial charge on any atom is -0.371 e. The molecule has 0 aliphatic carbocycles. The maximum Gasteiger partial charge on any atom is 0.0368 e. The van der Waals surface area contributed by atoms with E-state index in [4.69, 9.17) is 0 Å². The summed E-state index contributed by atoms with van der Waals surface area (Å²) in [4.78, 5) is 2.46. The topological polar surface area (TPSA) is 15.3 Å². The van der Waals surface area contributed by atoms with Crippen LogP contribution in [0, 0.1) is 12.8 Å². The Balaban J connectivity index is 2.51. The van der Waals surface area contributed by atoms with Crippen molar-refractivity contribution < 1.29 is 0 Å². The lowest BCUT2D eigenvalue weighted by Gasteiger charge is -2.27. The second kappa shape index (κ2) is 8.15. The molecule has 0 radical (unpaired) electrons. The monoisotopic (exact) mass is 248 g/mol. The molecule has 1 N–H and O–H groups in total. The number of nitrogens with one attached hydrogen (secondary N) is 1. The van der Waals surface area contributed by atoms with Gasteiger partial charge >= 0.3 is 0 Å². The van der Waals surface area contributed by atoms with Crippen molar-refractivity contribution >= 4 is 5.69 Å². The first-order chi connectivity index (χ1) is 8.67. The average Bonchev–Trinajstić information content (AvgIpc) is 2.36. The standard InChI is InChI=1S/C16H28N2/c1-5-10-17-12-15(4)13-18(6-2)16-9-7-8-14(3)11-16/h7-9,11,15,17H,5-6,10,12-13H2,1-4H3. The number of rotatable bonds is 8. The molecule has 1 atom stereocenters. The highest BCUT2D eigenvalue weighted by Crippen LogP contribution is 2.16. The van der Waals surface area contributed by atoms with Gasteiger partial charge in [-0.3, -0.25) is 0 Å². The zero-order valence-electron chi connectivity index (χ0n) is 12.4. The quantitative estimate of drug-likeness (QED) is 0.709. The molecule has 0 saturated carbocycles. The summed E-state index contributed by atoms with van der Waals surface area (Å²) in [5, 5.41) is 3.50. The third-order valence-corrected chi connectivity index (χ3v) is 3.20. The Bertz CT molecular complexity index is 336. The van der Waals surface area contributed by atoms with E-state index < -0.39 is 0 Å². The first kappa shape index (κ1) is 15.0. The molecule has 1 aromatic carbocycles. The van der Waals surface area contributed by atoms with E-state index in [0.717, 1.165) is 26.2 Å². The van der Waals surface area contributed by atoms with Crippen molar-refractivity contribution in [2.24, 2.45) is 5.92 Å². The molecule has 0 aliphatic rings. The lowest BCUT2D eigenvalue weighted by Crippen LogP contribution is -2.33. The van der Waals surface area contributed by atoms with E-state index in [0.29, 0.717) is 5.92 Å². The molecule has 0 amide bonds. The van der Waals surface area contributed by atoms with Crippen molar-refractivity contribution in [3.8, 4) is 0 Å². The number of benzene rings is 1. The van der Waals surface area contributed by atoms with Gasteiger partial charge in [-0.1, -0.05) is 26.0 Å². The number of hydrogen-bond acceptors (Lipinski definition) is 2. The normalized spacial score (nSPS) is 12.4. The Morgan fingerprint density at radius 1 is 1.28 bits per heavy atom. The summed E-state index contributed by atoms with van der Waals surface area (Å²) < 4.78 is 0. The summed E-state index contributed by atoms with van der Waals surface area (Å²) in [6.07, 6.45) is 1.21. The highest BCUT2D eigenvalue weighted by molar-refractivity contribution is 5.48. The van der Waals surface area contributed by atoms with E-state index in [2.05, 4.69) is 62.2 Å². The number of hydrogen-bond donors (Lipinski definition) is 1. The summed E-state index contributed by atoms with van der Waals surface area (Å²) in [6, 6.07) is 8.79. The van der Waals surface area contributed by atoms with Gasteiger partial charge in [0.15, 0.2) is 0 Å². The van der Waals surface area contributed by atoms with E-state index in [-0.39, 0.29) is 0 Å². The second-order valence-electron chi connectivity index (χ2n) is 5.19. The van der Waals surface area contributed by atoms with Gasteiger partial charge in [-0.05, 0) is 57.0 Å². The molecule has 1 rings (SSSR count).